The molecule has 1 rings (SSSR count). The predicted molar refractivity (Wildman–Crippen MR) is 59.3 cm³/mol. The average molecular weight is 217 g/mol. The van der Waals surface area contributed by atoms with Gasteiger partial charge in [-0.1, -0.05) is 24.1 Å². The summed E-state index contributed by atoms with van der Waals surface area (Å²) in [7, 11) is 1.94. The minimum Gasteiger partial charge on any atom is -0.316 e. The van der Waals surface area contributed by atoms with E-state index in [1.54, 1.807) is 6.20 Å². The second-order valence-corrected chi connectivity index (χ2v) is 4.38. The Morgan fingerprint density at radius 3 is 3.00 bits per heavy atom. The molecule has 1 N–H and O–H groups in total. The lowest BCUT2D eigenvalue weighted by atomic mass is 10.2. The van der Waals surface area contributed by atoms with Crippen LogP contribution in [0.5, 0.6) is 0 Å². The van der Waals surface area contributed by atoms with Crippen molar-refractivity contribution in [1.82, 2.24) is 10.3 Å². The van der Waals surface area contributed by atoms with Crippen molar-refractivity contribution in [3.8, 4) is 0 Å². The highest BCUT2D eigenvalue weighted by Gasteiger charge is 1.98. The van der Waals surface area contributed by atoms with E-state index in [1.807, 2.05) is 7.05 Å². The standard InChI is InChI=1S/C9H13ClN2S/c1-3-7(5-11-2)4-9-12-6-8(10)13-9/h4,6,11H,3,5H2,1-2H3/b7-4-. The van der Waals surface area contributed by atoms with Crippen LogP contribution in [0.1, 0.15) is 18.4 Å². The van der Waals surface area contributed by atoms with Gasteiger partial charge in [0.1, 0.15) is 9.34 Å². The molecule has 1 aromatic rings. The van der Waals surface area contributed by atoms with Crippen molar-refractivity contribution in [3.05, 3.63) is 21.1 Å². The van der Waals surface area contributed by atoms with Crippen LogP contribution < -0.4 is 5.32 Å². The zero-order valence-electron chi connectivity index (χ0n) is 7.80. The van der Waals surface area contributed by atoms with Gasteiger partial charge in [0.05, 0.1) is 6.20 Å². The van der Waals surface area contributed by atoms with Crippen LogP contribution in [-0.4, -0.2) is 18.6 Å². The summed E-state index contributed by atoms with van der Waals surface area (Å²) in [6.45, 7) is 3.05. The summed E-state index contributed by atoms with van der Waals surface area (Å²) in [6.07, 6.45) is 4.82. The largest absolute Gasteiger partial charge is 0.316 e. The zero-order valence-corrected chi connectivity index (χ0v) is 9.37. The van der Waals surface area contributed by atoms with E-state index in [2.05, 4.69) is 23.3 Å². The molecule has 1 aromatic heterocycles. The van der Waals surface area contributed by atoms with E-state index in [0.717, 1.165) is 22.3 Å². The Balaban J connectivity index is 2.72. The maximum absolute atomic E-state index is 5.78. The molecular formula is C9H13ClN2S. The summed E-state index contributed by atoms with van der Waals surface area (Å²) in [5, 5.41) is 4.10. The lowest BCUT2D eigenvalue weighted by Crippen LogP contribution is -2.09. The molecule has 0 bridgehead atoms. The Hall–Kier alpha value is -0.380. The van der Waals surface area contributed by atoms with Crippen molar-refractivity contribution in [2.45, 2.75) is 13.3 Å². The van der Waals surface area contributed by atoms with E-state index in [-0.39, 0.29) is 0 Å². The third-order valence-corrected chi connectivity index (χ3v) is 2.74. The third kappa shape index (κ3) is 3.46. The second kappa shape index (κ2) is 5.37. The van der Waals surface area contributed by atoms with Crippen molar-refractivity contribution < 1.29 is 0 Å². The molecule has 72 valence electrons. The molecule has 0 aliphatic heterocycles. The third-order valence-electron chi connectivity index (χ3n) is 1.68. The van der Waals surface area contributed by atoms with Crippen molar-refractivity contribution in [3.63, 3.8) is 0 Å². The van der Waals surface area contributed by atoms with Gasteiger partial charge < -0.3 is 5.32 Å². The number of likely N-dealkylation sites (N-methyl/N-ethyl adjacent to an activating group) is 1. The topological polar surface area (TPSA) is 24.9 Å². The number of hydrogen-bond donors (Lipinski definition) is 1. The summed E-state index contributed by atoms with van der Waals surface area (Å²) in [5.74, 6) is 0. The first-order chi connectivity index (χ1) is 6.26. The second-order valence-electron chi connectivity index (χ2n) is 2.69. The van der Waals surface area contributed by atoms with Crippen molar-refractivity contribution >= 4 is 29.0 Å². The Labute approximate surface area is 87.6 Å². The lowest BCUT2D eigenvalue weighted by Gasteiger charge is -2.00. The molecule has 0 radical (unpaired) electrons. The van der Waals surface area contributed by atoms with E-state index >= 15 is 0 Å². The van der Waals surface area contributed by atoms with Crippen molar-refractivity contribution in [2.24, 2.45) is 0 Å². The van der Waals surface area contributed by atoms with Crippen LogP contribution in [-0.2, 0) is 0 Å². The predicted octanol–water partition coefficient (Wildman–Crippen LogP) is 2.81. The highest BCUT2D eigenvalue weighted by molar-refractivity contribution is 7.16. The first-order valence-electron chi connectivity index (χ1n) is 4.21. The van der Waals surface area contributed by atoms with Gasteiger partial charge in [-0.25, -0.2) is 4.98 Å². The van der Waals surface area contributed by atoms with E-state index in [4.69, 9.17) is 11.6 Å². The molecule has 4 heteroatoms. The normalized spacial score (nSPS) is 12.1. The molecule has 0 fully saturated rings. The van der Waals surface area contributed by atoms with Gasteiger partial charge in [-0.05, 0) is 19.5 Å². The van der Waals surface area contributed by atoms with Gasteiger partial charge in [-0.2, -0.15) is 0 Å². The fourth-order valence-electron chi connectivity index (χ4n) is 1.01. The average Bonchev–Trinajstić information content (AvgIpc) is 2.50. The number of halogens is 1. The highest BCUT2D eigenvalue weighted by atomic mass is 35.5. The van der Waals surface area contributed by atoms with Gasteiger partial charge in [-0.3, -0.25) is 0 Å². The van der Waals surface area contributed by atoms with Crippen LogP contribution in [0.3, 0.4) is 0 Å². The Kier molecular flexibility index (Phi) is 4.42. The molecule has 0 saturated carbocycles. The lowest BCUT2D eigenvalue weighted by molar-refractivity contribution is 0.851. The van der Waals surface area contributed by atoms with Crippen LogP contribution in [0.4, 0.5) is 0 Å². The van der Waals surface area contributed by atoms with Crippen molar-refractivity contribution in [2.75, 3.05) is 13.6 Å². The molecule has 13 heavy (non-hydrogen) atoms. The fraction of sp³-hybridized carbons (Fsp3) is 0.444. The minimum atomic E-state index is 0.742. The minimum absolute atomic E-state index is 0.742. The summed E-state index contributed by atoms with van der Waals surface area (Å²) in [6, 6.07) is 0. The summed E-state index contributed by atoms with van der Waals surface area (Å²) in [5.41, 5.74) is 1.34. The summed E-state index contributed by atoms with van der Waals surface area (Å²) in [4.78, 5) is 4.17. The monoisotopic (exact) mass is 216 g/mol. The Morgan fingerprint density at radius 2 is 2.54 bits per heavy atom. The van der Waals surface area contributed by atoms with E-state index in [1.165, 1.54) is 16.9 Å². The number of aromatic nitrogens is 1. The summed E-state index contributed by atoms with van der Waals surface area (Å²) >= 11 is 7.28. The molecule has 1 heterocycles. The van der Waals surface area contributed by atoms with Crippen LogP contribution in [0, 0.1) is 0 Å². The molecule has 0 aromatic carbocycles. The van der Waals surface area contributed by atoms with Crippen LogP contribution in [0.25, 0.3) is 6.08 Å². The molecule has 0 saturated heterocycles. The maximum atomic E-state index is 5.78. The van der Waals surface area contributed by atoms with E-state index in [9.17, 15) is 0 Å². The van der Waals surface area contributed by atoms with Gasteiger partial charge in [0, 0.05) is 6.54 Å². The molecule has 0 aliphatic carbocycles. The molecule has 2 nitrogen and oxygen atoms in total. The van der Waals surface area contributed by atoms with E-state index in [0.29, 0.717) is 0 Å². The number of nitrogens with zero attached hydrogens (tertiary/aromatic N) is 1. The first kappa shape index (κ1) is 10.7. The van der Waals surface area contributed by atoms with Gasteiger partial charge in [0.25, 0.3) is 0 Å². The van der Waals surface area contributed by atoms with Gasteiger partial charge in [0.15, 0.2) is 0 Å². The zero-order chi connectivity index (χ0) is 9.68. The molecule has 0 atom stereocenters. The Morgan fingerprint density at radius 1 is 1.77 bits per heavy atom. The number of hydrogen-bond acceptors (Lipinski definition) is 3. The van der Waals surface area contributed by atoms with Gasteiger partial charge >= 0.3 is 0 Å². The SMILES string of the molecule is CC/C(=C/c1ncc(Cl)s1)CNC. The van der Waals surface area contributed by atoms with Crippen LogP contribution >= 0.6 is 22.9 Å². The fourth-order valence-corrected chi connectivity index (χ4v) is 1.94. The first-order valence-corrected chi connectivity index (χ1v) is 5.41. The molecule has 0 spiro atoms. The van der Waals surface area contributed by atoms with Crippen molar-refractivity contribution in [1.29, 1.82) is 0 Å². The van der Waals surface area contributed by atoms with Gasteiger partial charge in [0.2, 0.25) is 0 Å². The molecular weight excluding hydrogens is 204 g/mol. The molecule has 0 aliphatic rings. The van der Waals surface area contributed by atoms with Crippen LogP contribution in [0.2, 0.25) is 4.34 Å². The maximum Gasteiger partial charge on any atom is 0.117 e. The number of rotatable bonds is 4. The molecule has 0 amide bonds. The smallest absolute Gasteiger partial charge is 0.117 e. The highest BCUT2D eigenvalue weighted by Crippen LogP contribution is 2.20. The quantitative estimate of drug-likeness (QED) is 0.838. The number of nitrogens with one attached hydrogen (secondary N) is 1. The molecule has 0 unspecified atom stereocenters. The van der Waals surface area contributed by atoms with E-state index < -0.39 is 0 Å². The van der Waals surface area contributed by atoms with Crippen LogP contribution in [0.15, 0.2) is 11.8 Å². The van der Waals surface area contributed by atoms with Gasteiger partial charge in [-0.15, -0.1) is 11.3 Å². The summed E-state index contributed by atoms with van der Waals surface area (Å²) < 4.78 is 0.742. The number of thiazole rings is 1. The Bertz CT molecular complexity index is 294.